The van der Waals surface area contributed by atoms with Crippen LogP contribution in [0.3, 0.4) is 0 Å². The predicted octanol–water partition coefficient (Wildman–Crippen LogP) is 3.37. The van der Waals surface area contributed by atoms with Crippen LogP contribution >= 0.6 is 23.2 Å². The highest BCUT2D eigenvalue weighted by Gasteiger charge is 2.06. The van der Waals surface area contributed by atoms with Crippen LogP contribution in [0.15, 0.2) is 24.3 Å². The minimum Gasteiger partial charge on any atom is -0.384 e. The van der Waals surface area contributed by atoms with Crippen LogP contribution in [0.4, 0.5) is 11.4 Å². The molecule has 0 aromatic carbocycles. The van der Waals surface area contributed by atoms with Gasteiger partial charge in [-0.25, -0.2) is 9.97 Å². The first kappa shape index (κ1) is 19.1. The van der Waals surface area contributed by atoms with E-state index in [9.17, 15) is 10.1 Å². The zero-order chi connectivity index (χ0) is 17.4. The monoisotopic (exact) mass is 357 g/mol. The fourth-order valence-electron chi connectivity index (χ4n) is 1.66. The number of aryl methyl sites for hydroxylation is 2. The molecule has 0 atom stereocenters. The van der Waals surface area contributed by atoms with E-state index in [2.05, 4.69) is 15.3 Å². The Labute approximate surface area is 144 Å². The molecule has 0 amide bonds. The number of rotatable bonds is 4. The quantitative estimate of drug-likeness (QED) is 0.493. The van der Waals surface area contributed by atoms with E-state index >= 15 is 0 Å². The SMILES string of the molecule is Cc1cc(NCCN)cc(Cl)n1.Cc1cc([N+](=O)[O-])cc(Cl)n1. The number of anilines is 1. The first-order chi connectivity index (χ1) is 10.8. The summed E-state index contributed by atoms with van der Waals surface area (Å²) < 4.78 is 0. The van der Waals surface area contributed by atoms with Gasteiger partial charge in [-0.3, -0.25) is 10.1 Å². The summed E-state index contributed by atoms with van der Waals surface area (Å²) in [7, 11) is 0. The Morgan fingerprint density at radius 3 is 2.17 bits per heavy atom. The Hall–Kier alpha value is -1.96. The molecule has 124 valence electrons. The maximum atomic E-state index is 10.2. The number of halogens is 2. The highest BCUT2D eigenvalue weighted by Crippen LogP contribution is 2.16. The molecule has 9 heteroatoms. The molecule has 2 aromatic heterocycles. The molecule has 0 spiro atoms. The van der Waals surface area contributed by atoms with Gasteiger partial charge in [-0.1, -0.05) is 23.2 Å². The van der Waals surface area contributed by atoms with Gasteiger partial charge in [-0.05, 0) is 26.0 Å². The average Bonchev–Trinajstić information content (AvgIpc) is 2.43. The fraction of sp³-hybridized carbons (Fsp3) is 0.286. The van der Waals surface area contributed by atoms with E-state index in [1.165, 1.54) is 12.1 Å². The van der Waals surface area contributed by atoms with E-state index in [0.717, 1.165) is 17.9 Å². The van der Waals surface area contributed by atoms with Crippen LogP contribution in [-0.2, 0) is 0 Å². The van der Waals surface area contributed by atoms with Crippen molar-refractivity contribution in [2.24, 2.45) is 5.73 Å². The summed E-state index contributed by atoms with van der Waals surface area (Å²) in [5, 5.41) is 14.0. The van der Waals surface area contributed by atoms with Gasteiger partial charge < -0.3 is 11.1 Å². The normalized spacial score (nSPS) is 9.78. The summed E-state index contributed by atoms with van der Waals surface area (Å²) >= 11 is 11.2. The van der Waals surface area contributed by atoms with Gasteiger partial charge in [0.1, 0.15) is 10.3 Å². The highest BCUT2D eigenvalue weighted by atomic mass is 35.5. The third kappa shape index (κ3) is 7.23. The first-order valence-electron chi connectivity index (χ1n) is 6.68. The lowest BCUT2D eigenvalue weighted by atomic mass is 10.3. The molecule has 3 N–H and O–H groups in total. The number of nitrogens with zero attached hydrogens (tertiary/aromatic N) is 3. The number of aromatic nitrogens is 2. The Bertz CT molecular complexity index is 642. The molecular weight excluding hydrogens is 341 g/mol. The van der Waals surface area contributed by atoms with Crippen LogP contribution in [0.25, 0.3) is 0 Å². The van der Waals surface area contributed by atoms with Crippen molar-refractivity contribution < 1.29 is 4.92 Å². The third-order valence-electron chi connectivity index (χ3n) is 2.51. The standard InChI is InChI=1S/C8H12ClN3.C6H5ClN2O2/c1-6-4-7(11-3-2-10)5-8(9)12-6;1-4-2-5(9(10)11)3-6(7)8-4/h4-5H,2-3,10H2,1H3,(H,11,12);2-3H,1H3. The predicted molar refractivity (Wildman–Crippen MR) is 92.2 cm³/mol. The Morgan fingerprint density at radius 1 is 1.13 bits per heavy atom. The summed E-state index contributed by atoms with van der Waals surface area (Å²) in [6, 6.07) is 6.30. The van der Waals surface area contributed by atoms with Gasteiger partial charge in [-0.2, -0.15) is 0 Å². The number of nitro groups is 1. The second kappa shape index (κ2) is 9.24. The lowest BCUT2D eigenvalue weighted by Crippen LogP contribution is -2.13. The summed E-state index contributed by atoms with van der Waals surface area (Å²) in [4.78, 5) is 17.5. The van der Waals surface area contributed by atoms with E-state index in [0.29, 0.717) is 17.4 Å². The van der Waals surface area contributed by atoms with Gasteiger partial charge in [0.05, 0.1) is 11.0 Å². The van der Waals surface area contributed by atoms with Crippen LogP contribution in [0.1, 0.15) is 11.4 Å². The minimum atomic E-state index is -0.499. The molecule has 0 bridgehead atoms. The Kier molecular flexibility index (Phi) is 7.67. The van der Waals surface area contributed by atoms with Crippen molar-refractivity contribution >= 4 is 34.6 Å². The molecule has 2 heterocycles. The number of pyridine rings is 2. The molecule has 0 saturated carbocycles. The molecule has 0 aliphatic heterocycles. The van der Waals surface area contributed by atoms with Crippen molar-refractivity contribution in [2.75, 3.05) is 18.4 Å². The molecule has 0 unspecified atom stereocenters. The average molecular weight is 358 g/mol. The molecule has 2 aromatic rings. The van der Waals surface area contributed by atoms with Crippen molar-refractivity contribution in [3.63, 3.8) is 0 Å². The summed E-state index contributed by atoms with van der Waals surface area (Å²) in [6.07, 6.45) is 0. The van der Waals surface area contributed by atoms with Gasteiger partial charge in [-0.15, -0.1) is 0 Å². The van der Waals surface area contributed by atoms with Crippen LogP contribution in [-0.4, -0.2) is 28.0 Å². The molecule has 2 rings (SSSR count). The molecule has 7 nitrogen and oxygen atoms in total. The number of nitrogens with two attached hydrogens (primary N) is 1. The molecule has 0 aliphatic rings. The van der Waals surface area contributed by atoms with E-state index < -0.39 is 4.92 Å². The lowest BCUT2D eigenvalue weighted by molar-refractivity contribution is -0.385. The van der Waals surface area contributed by atoms with Crippen LogP contribution in [0, 0.1) is 24.0 Å². The van der Waals surface area contributed by atoms with Crippen molar-refractivity contribution in [1.29, 1.82) is 0 Å². The smallest absolute Gasteiger partial charge is 0.274 e. The maximum absolute atomic E-state index is 10.2. The van der Waals surface area contributed by atoms with E-state index in [1.807, 2.05) is 13.0 Å². The zero-order valence-electron chi connectivity index (χ0n) is 12.7. The van der Waals surface area contributed by atoms with Crippen molar-refractivity contribution in [3.05, 3.63) is 56.1 Å². The molecule has 0 fully saturated rings. The van der Waals surface area contributed by atoms with Crippen LogP contribution in [0.2, 0.25) is 10.3 Å². The number of hydrogen-bond donors (Lipinski definition) is 2. The second-order valence-corrected chi connectivity index (χ2v) is 5.36. The Morgan fingerprint density at radius 2 is 1.70 bits per heavy atom. The summed E-state index contributed by atoms with van der Waals surface area (Å²) in [6.45, 7) is 4.91. The number of nitrogens with one attached hydrogen (secondary N) is 1. The first-order valence-corrected chi connectivity index (χ1v) is 7.44. The van der Waals surface area contributed by atoms with E-state index in [-0.39, 0.29) is 10.8 Å². The van der Waals surface area contributed by atoms with Gasteiger partial charge in [0.2, 0.25) is 0 Å². The van der Waals surface area contributed by atoms with Gasteiger partial charge >= 0.3 is 0 Å². The molecule has 0 radical (unpaired) electrons. The molecule has 23 heavy (non-hydrogen) atoms. The highest BCUT2D eigenvalue weighted by molar-refractivity contribution is 6.29. The Balaban J connectivity index is 0.000000231. The number of hydrogen-bond acceptors (Lipinski definition) is 6. The zero-order valence-corrected chi connectivity index (χ0v) is 14.2. The molecular formula is C14H17Cl2N5O2. The van der Waals surface area contributed by atoms with E-state index in [4.69, 9.17) is 28.9 Å². The van der Waals surface area contributed by atoms with Crippen molar-refractivity contribution in [3.8, 4) is 0 Å². The second-order valence-electron chi connectivity index (χ2n) is 4.58. The topological polar surface area (TPSA) is 107 Å². The molecule has 0 aliphatic carbocycles. The van der Waals surface area contributed by atoms with Crippen molar-refractivity contribution in [1.82, 2.24) is 9.97 Å². The van der Waals surface area contributed by atoms with Gasteiger partial charge in [0, 0.05) is 36.2 Å². The minimum absolute atomic E-state index is 0.0255. The van der Waals surface area contributed by atoms with Crippen LogP contribution < -0.4 is 11.1 Å². The molecule has 0 saturated heterocycles. The summed E-state index contributed by atoms with van der Waals surface area (Å²) in [5.74, 6) is 0. The maximum Gasteiger partial charge on any atom is 0.274 e. The van der Waals surface area contributed by atoms with Crippen LogP contribution in [0.5, 0.6) is 0 Å². The van der Waals surface area contributed by atoms with E-state index in [1.54, 1.807) is 13.0 Å². The van der Waals surface area contributed by atoms with Gasteiger partial charge in [0.15, 0.2) is 0 Å². The van der Waals surface area contributed by atoms with Gasteiger partial charge in [0.25, 0.3) is 5.69 Å². The third-order valence-corrected chi connectivity index (χ3v) is 2.90. The lowest BCUT2D eigenvalue weighted by Gasteiger charge is -2.05. The summed E-state index contributed by atoms with van der Waals surface area (Å²) in [5.41, 5.74) is 7.74. The fourth-order valence-corrected chi connectivity index (χ4v) is 2.16. The van der Waals surface area contributed by atoms with Crippen molar-refractivity contribution in [2.45, 2.75) is 13.8 Å². The largest absolute Gasteiger partial charge is 0.384 e.